The maximum absolute atomic E-state index is 10.6. The Morgan fingerprint density at radius 3 is 2.00 bits per heavy atom. The molecule has 3 heteroatoms. The van der Waals surface area contributed by atoms with E-state index in [0.29, 0.717) is 0 Å². The van der Waals surface area contributed by atoms with Crippen LogP contribution in [0.4, 0.5) is 0 Å². The van der Waals surface area contributed by atoms with Crippen molar-refractivity contribution in [2.75, 3.05) is 0 Å². The van der Waals surface area contributed by atoms with Crippen molar-refractivity contribution in [1.82, 2.24) is 0 Å². The zero-order valence-corrected chi connectivity index (χ0v) is 10.3. The van der Waals surface area contributed by atoms with Crippen LogP contribution in [0.15, 0.2) is 4.99 Å². The minimum Gasteiger partial charge on any atom is -0.211 e. The Bertz CT molecular complexity index is 395. The minimum atomic E-state index is -0.842. The van der Waals surface area contributed by atoms with Crippen LogP contribution in [0.2, 0.25) is 0 Å². The third-order valence-electron chi connectivity index (χ3n) is 5.56. The smallest absolute Gasteiger partial charge is 0.211 e. The topological polar surface area (TPSA) is 53.2 Å². The molecule has 0 N–H and O–H groups in total. The number of aliphatic imine (C=N–C) groups is 1. The van der Waals surface area contributed by atoms with E-state index in [1.807, 2.05) is 6.92 Å². The van der Waals surface area contributed by atoms with Crippen molar-refractivity contribution in [2.24, 2.45) is 28.2 Å². The van der Waals surface area contributed by atoms with Gasteiger partial charge in [-0.1, -0.05) is 0 Å². The van der Waals surface area contributed by atoms with Gasteiger partial charge in [-0.05, 0) is 63.2 Å². The van der Waals surface area contributed by atoms with Gasteiger partial charge in [0.1, 0.15) is 0 Å². The van der Waals surface area contributed by atoms with Crippen LogP contribution in [-0.4, -0.2) is 11.6 Å². The summed E-state index contributed by atoms with van der Waals surface area (Å²) in [6.45, 7) is 1.84. The molecule has 0 aliphatic heterocycles. The molecular weight excluding hydrogens is 212 g/mol. The van der Waals surface area contributed by atoms with E-state index in [2.05, 4.69) is 11.1 Å². The second-order valence-electron chi connectivity index (χ2n) is 6.58. The van der Waals surface area contributed by atoms with Crippen LogP contribution in [0.5, 0.6) is 0 Å². The summed E-state index contributed by atoms with van der Waals surface area (Å²) in [5, 5.41) is 9.45. The standard InChI is InChI=1S/C14H18N2O/c1-13(8-15,16-9-17)14-5-10-2-11(6-14)4-12(3-10)7-14/h10-12H,2-7H2,1H3. The lowest BCUT2D eigenvalue weighted by Gasteiger charge is -2.59. The van der Waals surface area contributed by atoms with Gasteiger partial charge < -0.3 is 0 Å². The summed E-state index contributed by atoms with van der Waals surface area (Å²) < 4.78 is 0. The quantitative estimate of drug-likeness (QED) is 0.541. The molecular formula is C14H18N2O. The highest BCUT2D eigenvalue weighted by atomic mass is 16.1. The number of isocyanates is 1. The summed E-state index contributed by atoms with van der Waals surface area (Å²) in [5.74, 6) is 2.32. The van der Waals surface area contributed by atoms with E-state index in [4.69, 9.17) is 0 Å². The van der Waals surface area contributed by atoms with Gasteiger partial charge in [-0.15, -0.1) is 0 Å². The molecule has 0 saturated heterocycles. The highest BCUT2D eigenvalue weighted by Gasteiger charge is 2.59. The first-order chi connectivity index (χ1) is 8.11. The van der Waals surface area contributed by atoms with Crippen molar-refractivity contribution in [3.8, 4) is 6.07 Å². The fraction of sp³-hybridized carbons (Fsp3) is 0.857. The number of hydrogen-bond acceptors (Lipinski definition) is 3. The van der Waals surface area contributed by atoms with E-state index >= 15 is 0 Å². The van der Waals surface area contributed by atoms with E-state index in [0.717, 1.165) is 37.0 Å². The molecule has 17 heavy (non-hydrogen) atoms. The predicted molar refractivity (Wildman–Crippen MR) is 62.7 cm³/mol. The molecule has 1 atom stereocenters. The Labute approximate surface area is 102 Å². The first kappa shape index (κ1) is 11.0. The first-order valence-corrected chi connectivity index (χ1v) is 6.61. The van der Waals surface area contributed by atoms with Gasteiger partial charge in [-0.2, -0.15) is 10.3 Å². The van der Waals surface area contributed by atoms with Gasteiger partial charge in [-0.3, -0.25) is 0 Å². The lowest BCUT2D eigenvalue weighted by Crippen LogP contribution is -2.55. The summed E-state index contributed by atoms with van der Waals surface area (Å²) in [5.41, 5.74) is -0.876. The molecule has 1 unspecified atom stereocenters. The maximum atomic E-state index is 10.6. The molecule has 4 saturated carbocycles. The molecule has 0 aromatic carbocycles. The molecule has 4 aliphatic rings. The predicted octanol–water partition coefficient (Wildman–Crippen LogP) is 2.82. The fourth-order valence-corrected chi connectivity index (χ4v) is 5.06. The van der Waals surface area contributed by atoms with E-state index in [9.17, 15) is 10.1 Å². The maximum Gasteiger partial charge on any atom is 0.236 e. The van der Waals surface area contributed by atoms with Crippen LogP contribution >= 0.6 is 0 Å². The molecule has 4 rings (SSSR count). The molecule has 4 fully saturated rings. The number of nitrogens with zero attached hydrogens (tertiary/aromatic N) is 2. The molecule has 0 spiro atoms. The molecule has 0 aromatic heterocycles. The van der Waals surface area contributed by atoms with E-state index < -0.39 is 5.54 Å². The van der Waals surface area contributed by atoms with Gasteiger partial charge in [0.2, 0.25) is 6.08 Å². The molecule has 4 aliphatic carbocycles. The average molecular weight is 230 g/mol. The fourth-order valence-electron chi connectivity index (χ4n) is 5.06. The second kappa shape index (κ2) is 3.43. The number of carbonyl (C=O) groups excluding carboxylic acids is 1. The molecule has 0 aromatic rings. The molecule has 90 valence electrons. The lowest BCUT2D eigenvalue weighted by atomic mass is 9.45. The van der Waals surface area contributed by atoms with Crippen molar-refractivity contribution in [1.29, 1.82) is 5.26 Å². The third-order valence-corrected chi connectivity index (χ3v) is 5.56. The van der Waals surface area contributed by atoms with Gasteiger partial charge in [0.05, 0.1) is 6.07 Å². The van der Waals surface area contributed by atoms with Crippen molar-refractivity contribution in [2.45, 2.75) is 51.0 Å². The van der Waals surface area contributed by atoms with Crippen LogP contribution in [0.25, 0.3) is 0 Å². The van der Waals surface area contributed by atoms with E-state index in [1.54, 1.807) is 6.08 Å². The van der Waals surface area contributed by atoms with Crippen molar-refractivity contribution in [3.63, 3.8) is 0 Å². The lowest BCUT2D eigenvalue weighted by molar-refractivity contribution is -0.0787. The summed E-state index contributed by atoms with van der Waals surface area (Å²) in [4.78, 5) is 14.5. The highest BCUT2D eigenvalue weighted by molar-refractivity contribution is 5.38. The largest absolute Gasteiger partial charge is 0.236 e. The molecule has 4 bridgehead atoms. The van der Waals surface area contributed by atoms with E-state index in [-0.39, 0.29) is 5.41 Å². The van der Waals surface area contributed by atoms with Crippen LogP contribution in [0, 0.1) is 34.5 Å². The van der Waals surface area contributed by atoms with Crippen molar-refractivity contribution in [3.05, 3.63) is 0 Å². The molecule has 0 heterocycles. The summed E-state index contributed by atoms with van der Waals surface area (Å²) in [7, 11) is 0. The Hall–Kier alpha value is -1.13. The normalized spacial score (nSPS) is 45.8. The first-order valence-electron chi connectivity index (χ1n) is 6.61. The Morgan fingerprint density at radius 1 is 1.18 bits per heavy atom. The average Bonchev–Trinajstić information content (AvgIpc) is 2.27. The molecule has 0 amide bonds. The third kappa shape index (κ3) is 1.40. The van der Waals surface area contributed by atoms with Crippen LogP contribution in [0.3, 0.4) is 0 Å². The molecule has 3 nitrogen and oxygen atoms in total. The van der Waals surface area contributed by atoms with Crippen molar-refractivity contribution < 1.29 is 4.79 Å². The SMILES string of the molecule is CC(C#N)(N=C=O)C12CC3CC(CC(C3)C1)C2. The summed E-state index contributed by atoms with van der Waals surface area (Å²) in [6.07, 6.45) is 8.93. The number of nitriles is 1. The highest BCUT2D eigenvalue weighted by Crippen LogP contribution is 2.64. The van der Waals surface area contributed by atoms with Crippen molar-refractivity contribution >= 4 is 6.08 Å². The Morgan fingerprint density at radius 2 is 1.65 bits per heavy atom. The summed E-state index contributed by atoms with van der Waals surface area (Å²) >= 11 is 0. The van der Waals surface area contributed by atoms with Crippen LogP contribution < -0.4 is 0 Å². The van der Waals surface area contributed by atoms with Gasteiger partial charge in [-0.25, -0.2) is 4.79 Å². The van der Waals surface area contributed by atoms with E-state index in [1.165, 1.54) is 19.3 Å². The Balaban J connectivity index is 2.01. The zero-order chi connectivity index (χ0) is 12.1. The zero-order valence-electron chi connectivity index (χ0n) is 10.3. The summed E-state index contributed by atoms with van der Waals surface area (Å²) in [6, 6.07) is 2.31. The van der Waals surface area contributed by atoms with Gasteiger partial charge >= 0.3 is 0 Å². The van der Waals surface area contributed by atoms with Crippen LogP contribution in [-0.2, 0) is 4.79 Å². The monoisotopic (exact) mass is 230 g/mol. The van der Waals surface area contributed by atoms with Gasteiger partial charge in [0.15, 0.2) is 5.54 Å². The van der Waals surface area contributed by atoms with Crippen LogP contribution in [0.1, 0.15) is 45.4 Å². The number of hydrogen-bond donors (Lipinski definition) is 0. The number of rotatable bonds is 2. The minimum absolute atomic E-state index is 0.0338. The second-order valence-corrected chi connectivity index (χ2v) is 6.58. The van der Waals surface area contributed by atoms with Gasteiger partial charge in [0, 0.05) is 5.41 Å². The van der Waals surface area contributed by atoms with Gasteiger partial charge in [0.25, 0.3) is 0 Å². The molecule has 0 radical (unpaired) electrons. The Kier molecular flexibility index (Phi) is 2.22.